The average molecular weight is 276 g/mol. The lowest BCUT2D eigenvalue weighted by Gasteiger charge is -2.46. The molecular formula is C16H20O4. The molecule has 1 unspecified atom stereocenters. The highest BCUT2D eigenvalue weighted by atomic mass is 16.5. The van der Waals surface area contributed by atoms with Gasteiger partial charge in [0, 0.05) is 18.4 Å². The van der Waals surface area contributed by atoms with E-state index in [9.17, 15) is 4.79 Å². The molecule has 108 valence electrons. The van der Waals surface area contributed by atoms with Crippen LogP contribution in [0.4, 0.5) is 0 Å². The van der Waals surface area contributed by atoms with Gasteiger partial charge in [0.2, 0.25) is 0 Å². The highest BCUT2D eigenvalue weighted by Gasteiger charge is 2.43. The van der Waals surface area contributed by atoms with Crippen LogP contribution in [-0.2, 0) is 4.74 Å². The van der Waals surface area contributed by atoms with Gasteiger partial charge in [0.05, 0.1) is 19.3 Å². The Morgan fingerprint density at radius 2 is 2.20 bits per heavy atom. The van der Waals surface area contributed by atoms with Gasteiger partial charge in [-0.25, -0.2) is 0 Å². The Morgan fingerprint density at radius 3 is 2.85 bits per heavy atom. The highest BCUT2D eigenvalue weighted by molar-refractivity contribution is 5.76. The molecule has 0 amide bonds. The van der Waals surface area contributed by atoms with Crippen LogP contribution in [0, 0.1) is 0 Å². The fraction of sp³-hybridized carbons (Fsp3) is 0.562. The molecule has 20 heavy (non-hydrogen) atoms. The SMILES string of the molecule is COc1ccc(C=O)cc1OC1CCOC2(CCC2)C1. The zero-order chi connectivity index (χ0) is 14.0. The van der Waals surface area contributed by atoms with E-state index in [2.05, 4.69) is 0 Å². The van der Waals surface area contributed by atoms with Gasteiger partial charge in [0.1, 0.15) is 12.4 Å². The molecule has 1 saturated carbocycles. The van der Waals surface area contributed by atoms with Crippen molar-refractivity contribution >= 4 is 6.29 Å². The van der Waals surface area contributed by atoms with Crippen LogP contribution in [0.5, 0.6) is 11.5 Å². The number of rotatable bonds is 4. The standard InChI is InChI=1S/C16H20O4/c1-18-14-4-3-12(11-17)9-15(14)20-13-5-8-19-16(10-13)6-2-7-16/h3-4,9,11,13H,2,5-8,10H2,1H3. The van der Waals surface area contributed by atoms with Crippen molar-refractivity contribution in [3.05, 3.63) is 23.8 Å². The second kappa shape index (κ2) is 5.44. The van der Waals surface area contributed by atoms with Gasteiger partial charge in [-0.15, -0.1) is 0 Å². The summed E-state index contributed by atoms with van der Waals surface area (Å²) in [6.45, 7) is 0.750. The number of methoxy groups -OCH3 is 1. The monoisotopic (exact) mass is 276 g/mol. The Hall–Kier alpha value is -1.55. The smallest absolute Gasteiger partial charge is 0.162 e. The number of carbonyl (C=O) groups is 1. The molecule has 2 fully saturated rings. The Labute approximate surface area is 119 Å². The van der Waals surface area contributed by atoms with Gasteiger partial charge < -0.3 is 14.2 Å². The van der Waals surface area contributed by atoms with E-state index in [1.54, 1.807) is 25.3 Å². The lowest BCUT2D eigenvalue weighted by molar-refractivity contribution is -0.153. The molecule has 1 atom stereocenters. The Morgan fingerprint density at radius 1 is 1.35 bits per heavy atom. The van der Waals surface area contributed by atoms with Crippen molar-refractivity contribution in [2.45, 2.75) is 43.8 Å². The van der Waals surface area contributed by atoms with E-state index in [0.29, 0.717) is 17.1 Å². The van der Waals surface area contributed by atoms with Crippen molar-refractivity contribution in [1.29, 1.82) is 0 Å². The van der Waals surface area contributed by atoms with E-state index in [4.69, 9.17) is 14.2 Å². The molecule has 3 rings (SSSR count). The number of ether oxygens (including phenoxy) is 3. The lowest BCUT2D eigenvalue weighted by Crippen LogP contribution is -2.48. The molecular weight excluding hydrogens is 256 g/mol. The fourth-order valence-corrected chi connectivity index (χ4v) is 3.04. The molecule has 0 aromatic heterocycles. The van der Waals surface area contributed by atoms with Crippen LogP contribution in [-0.4, -0.2) is 31.7 Å². The summed E-state index contributed by atoms with van der Waals surface area (Å²) < 4.78 is 17.3. The molecule has 4 heteroatoms. The van der Waals surface area contributed by atoms with Gasteiger partial charge in [-0.1, -0.05) is 0 Å². The minimum Gasteiger partial charge on any atom is -0.493 e. The third kappa shape index (κ3) is 2.52. The Bertz CT molecular complexity index is 493. The summed E-state index contributed by atoms with van der Waals surface area (Å²) in [5, 5.41) is 0. The Balaban J connectivity index is 1.74. The van der Waals surface area contributed by atoms with Crippen molar-refractivity contribution < 1.29 is 19.0 Å². The van der Waals surface area contributed by atoms with Gasteiger partial charge in [-0.3, -0.25) is 4.79 Å². The summed E-state index contributed by atoms with van der Waals surface area (Å²) in [4.78, 5) is 10.9. The quantitative estimate of drug-likeness (QED) is 0.793. The maximum atomic E-state index is 10.9. The van der Waals surface area contributed by atoms with Crippen LogP contribution >= 0.6 is 0 Å². The molecule has 1 aromatic carbocycles. The molecule has 1 aliphatic heterocycles. The molecule has 1 heterocycles. The van der Waals surface area contributed by atoms with Gasteiger partial charge in [0.25, 0.3) is 0 Å². The molecule has 1 spiro atoms. The topological polar surface area (TPSA) is 44.8 Å². The first-order valence-corrected chi connectivity index (χ1v) is 7.18. The molecule has 0 bridgehead atoms. The van der Waals surface area contributed by atoms with Crippen molar-refractivity contribution in [1.82, 2.24) is 0 Å². The molecule has 0 N–H and O–H groups in total. The summed E-state index contributed by atoms with van der Waals surface area (Å²) >= 11 is 0. The summed E-state index contributed by atoms with van der Waals surface area (Å²) in [5.74, 6) is 1.32. The summed E-state index contributed by atoms with van der Waals surface area (Å²) in [6, 6.07) is 5.25. The molecule has 0 radical (unpaired) electrons. The van der Waals surface area contributed by atoms with Gasteiger partial charge in [0.15, 0.2) is 11.5 Å². The third-order valence-electron chi connectivity index (χ3n) is 4.33. The van der Waals surface area contributed by atoms with Crippen LogP contribution in [0.15, 0.2) is 18.2 Å². The molecule has 1 aromatic rings. The van der Waals surface area contributed by atoms with Crippen LogP contribution < -0.4 is 9.47 Å². The maximum absolute atomic E-state index is 10.9. The summed E-state index contributed by atoms with van der Waals surface area (Å²) in [7, 11) is 1.61. The Kier molecular flexibility index (Phi) is 3.66. The van der Waals surface area contributed by atoms with Gasteiger partial charge in [-0.2, -0.15) is 0 Å². The first kappa shape index (κ1) is 13.4. The number of hydrogen-bond acceptors (Lipinski definition) is 4. The van der Waals surface area contributed by atoms with Crippen molar-refractivity contribution in [2.75, 3.05) is 13.7 Å². The minimum absolute atomic E-state index is 0.0540. The largest absolute Gasteiger partial charge is 0.493 e. The van der Waals surface area contributed by atoms with E-state index in [1.165, 1.54) is 6.42 Å². The van der Waals surface area contributed by atoms with Crippen molar-refractivity contribution in [3.63, 3.8) is 0 Å². The second-order valence-corrected chi connectivity index (χ2v) is 5.65. The van der Waals surface area contributed by atoms with Crippen LogP contribution in [0.1, 0.15) is 42.5 Å². The van der Waals surface area contributed by atoms with Gasteiger partial charge >= 0.3 is 0 Å². The molecule has 1 aliphatic carbocycles. The number of hydrogen-bond donors (Lipinski definition) is 0. The van der Waals surface area contributed by atoms with E-state index in [0.717, 1.165) is 38.6 Å². The van der Waals surface area contributed by atoms with Crippen LogP contribution in [0.25, 0.3) is 0 Å². The first-order chi connectivity index (χ1) is 9.74. The number of benzene rings is 1. The highest BCUT2D eigenvalue weighted by Crippen LogP contribution is 2.43. The molecule has 2 aliphatic rings. The molecule has 1 saturated heterocycles. The normalized spacial score (nSPS) is 23.9. The lowest BCUT2D eigenvalue weighted by atomic mass is 9.74. The summed E-state index contributed by atoms with van der Waals surface area (Å²) in [6.07, 6.45) is 6.30. The summed E-state index contributed by atoms with van der Waals surface area (Å²) in [5.41, 5.74) is 0.657. The predicted molar refractivity (Wildman–Crippen MR) is 74.6 cm³/mol. The van der Waals surface area contributed by atoms with E-state index < -0.39 is 0 Å². The predicted octanol–water partition coefficient (Wildman–Crippen LogP) is 2.99. The first-order valence-electron chi connectivity index (χ1n) is 7.18. The third-order valence-corrected chi connectivity index (χ3v) is 4.33. The van der Waals surface area contributed by atoms with Crippen molar-refractivity contribution in [2.24, 2.45) is 0 Å². The van der Waals surface area contributed by atoms with Crippen LogP contribution in [0.2, 0.25) is 0 Å². The average Bonchev–Trinajstić information content (AvgIpc) is 2.46. The number of aldehydes is 1. The van der Waals surface area contributed by atoms with Crippen LogP contribution in [0.3, 0.4) is 0 Å². The van der Waals surface area contributed by atoms with E-state index in [1.807, 2.05) is 0 Å². The zero-order valence-corrected chi connectivity index (χ0v) is 11.8. The fourth-order valence-electron chi connectivity index (χ4n) is 3.04. The number of carbonyl (C=O) groups excluding carboxylic acids is 1. The van der Waals surface area contributed by atoms with E-state index in [-0.39, 0.29) is 11.7 Å². The molecule has 4 nitrogen and oxygen atoms in total. The zero-order valence-electron chi connectivity index (χ0n) is 11.8. The van der Waals surface area contributed by atoms with Gasteiger partial charge in [-0.05, 0) is 37.5 Å². The van der Waals surface area contributed by atoms with Crippen molar-refractivity contribution in [3.8, 4) is 11.5 Å². The second-order valence-electron chi connectivity index (χ2n) is 5.65. The maximum Gasteiger partial charge on any atom is 0.162 e. The van der Waals surface area contributed by atoms with E-state index >= 15 is 0 Å². The minimum atomic E-state index is 0.0540.